The monoisotopic (exact) mass is 331 g/mol. The number of hydrogen-bond donors (Lipinski definition) is 1. The van der Waals surface area contributed by atoms with Crippen LogP contribution in [-0.4, -0.2) is 6.04 Å². The Hall–Kier alpha value is -0.0500. The molecule has 1 nitrogen and oxygen atoms in total. The van der Waals surface area contributed by atoms with Crippen LogP contribution in [0.5, 0.6) is 0 Å². The summed E-state index contributed by atoms with van der Waals surface area (Å²) in [6, 6.07) is 6.77. The van der Waals surface area contributed by atoms with Gasteiger partial charge < -0.3 is 5.32 Å². The third kappa shape index (κ3) is 5.73. The van der Waals surface area contributed by atoms with E-state index in [1.165, 1.54) is 37.7 Å². The highest BCUT2D eigenvalue weighted by Crippen LogP contribution is 2.23. The maximum atomic E-state index is 5.99. The van der Waals surface area contributed by atoms with Crippen molar-refractivity contribution in [1.82, 2.24) is 5.32 Å². The summed E-state index contributed by atoms with van der Waals surface area (Å²) in [5, 5.41) is 4.43. The molecule has 1 unspecified atom stereocenters. The van der Waals surface area contributed by atoms with Crippen LogP contribution in [0, 0.1) is 0 Å². The Morgan fingerprint density at radius 1 is 1.22 bits per heavy atom. The van der Waals surface area contributed by atoms with Crippen LogP contribution in [0.15, 0.2) is 22.7 Å². The topological polar surface area (TPSA) is 12.0 Å². The molecule has 0 fully saturated rings. The molecule has 0 aliphatic carbocycles. The molecule has 102 valence electrons. The molecule has 1 aromatic rings. The van der Waals surface area contributed by atoms with Crippen LogP contribution >= 0.6 is 27.5 Å². The Morgan fingerprint density at radius 2 is 2.00 bits per heavy atom. The molecule has 0 aliphatic heterocycles. The Kier molecular flexibility index (Phi) is 7.96. The van der Waals surface area contributed by atoms with E-state index in [1.807, 2.05) is 6.07 Å². The lowest BCUT2D eigenvalue weighted by atomic mass is 10.0. The van der Waals surface area contributed by atoms with E-state index >= 15 is 0 Å². The van der Waals surface area contributed by atoms with Gasteiger partial charge in [0, 0.05) is 17.1 Å². The molecule has 1 aromatic carbocycles. The summed E-state index contributed by atoms with van der Waals surface area (Å²) < 4.78 is 0.976. The first-order valence-electron chi connectivity index (χ1n) is 6.84. The van der Waals surface area contributed by atoms with E-state index in [0.717, 1.165) is 16.0 Å². The highest BCUT2D eigenvalue weighted by Gasteiger charge is 2.07. The van der Waals surface area contributed by atoms with Crippen LogP contribution in [0.2, 0.25) is 5.02 Å². The zero-order valence-corrected chi connectivity index (χ0v) is 13.6. The third-order valence-corrected chi connectivity index (χ3v) is 4.34. The van der Waals surface area contributed by atoms with Crippen molar-refractivity contribution in [2.24, 2.45) is 0 Å². The van der Waals surface area contributed by atoms with Crippen LogP contribution in [0.1, 0.15) is 51.5 Å². The van der Waals surface area contributed by atoms with Crippen molar-refractivity contribution < 1.29 is 0 Å². The zero-order valence-electron chi connectivity index (χ0n) is 11.3. The second-order valence-electron chi connectivity index (χ2n) is 4.76. The van der Waals surface area contributed by atoms with E-state index in [2.05, 4.69) is 47.2 Å². The minimum atomic E-state index is 0.643. The molecule has 0 bridgehead atoms. The SMILES string of the molecule is CCCCC(CCC)NCc1ccc(Cl)c(Br)c1. The van der Waals surface area contributed by atoms with Gasteiger partial charge in [0.2, 0.25) is 0 Å². The fraction of sp³-hybridized carbons (Fsp3) is 0.600. The molecule has 0 aliphatic rings. The lowest BCUT2D eigenvalue weighted by molar-refractivity contribution is 0.434. The van der Waals surface area contributed by atoms with Crippen LogP contribution in [0.3, 0.4) is 0 Å². The maximum absolute atomic E-state index is 5.99. The molecule has 0 aromatic heterocycles. The number of benzene rings is 1. The molecule has 0 amide bonds. The number of unbranched alkanes of at least 4 members (excludes halogenated alkanes) is 1. The van der Waals surface area contributed by atoms with Crippen molar-refractivity contribution in [3.63, 3.8) is 0 Å². The number of rotatable bonds is 8. The third-order valence-electron chi connectivity index (χ3n) is 3.12. The van der Waals surface area contributed by atoms with E-state index in [-0.39, 0.29) is 0 Å². The minimum Gasteiger partial charge on any atom is -0.310 e. The summed E-state index contributed by atoms with van der Waals surface area (Å²) in [4.78, 5) is 0. The number of nitrogens with one attached hydrogen (secondary N) is 1. The molecule has 3 heteroatoms. The van der Waals surface area contributed by atoms with Gasteiger partial charge in [-0.15, -0.1) is 0 Å². The molecular weight excluding hydrogens is 310 g/mol. The lowest BCUT2D eigenvalue weighted by Gasteiger charge is -2.18. The minimum absolute atomic E-state index is 0.643. The largest absolute Gasteiger partial charge is 0.310 e. The summed E-state index contributed by atoms with van der Waals surface area (Å²) in [7, 11) is 0. The Labute approximate surface area is 124 Å². The van der Waals surface area contributed by atoms with Crippen LogP contribution in [0.4, 0.5) is 0 Å². The van der Waals surface area contributed by atoms with E-state index in [9.17, 15) is 0 Å². The molecule has 0 heterocycles. The maximum Gasteiger partial charge on any atom is 0.0548 e. The van der Waals surface area contributed by atoms with Gasteiger partial charge in [0.15, 0.2) is 0 Å². The van der Waals surface area contributed by atoms with E-state index in [1.54, 1.807) is 0 Å². The average Bonchev–Trinajstić information content (AvgIpc) is 2.37. The van der Waals surface area contributed by atoms with Gasteiger partial charge in [0.05, 0.1) is 5.02 Å². The van der Waals surface area contributed by atoms with Gasteiger partial charge in [0.25, 0.3) is 0 Å². The molecule has 0 radical (unpaired) electrons. The van der Waals surface area contributed by atoms with Crippen molar-refractivity contribution in [1.29, 1.82) is 0 Å². The Morgan fingerprint density at radius 3 is 2.61 bits per heavy atom. The van der Waals surface area contributed by atoms with Crippen molar-refractivity contribution in [3.05, 3.63) is 33.3 Å². The Balaban J connectivity index is 2.47. The van der Waals surface area contributed by atoms with Crippen LogP contribution in [0.25, 0.3) is 0 Å². The van der Waals surface area contributed by atoms with Crippen molar-refractivity contribution >= 4 is 27.5 Å². The van der Waals surface area contributed by atoms with Gasteiger partial charge in [-0.2, -0.15) is 0 Å². The van der Waals surface area contributed by atoms with E-state index < -0.39 is 0 Å². The molecule has 0 saturated heterocycles. The zero-order chi connectivity index (χ0) is 13.4. The summed E-state index contributed by atoms with van der Waals surface area (Å²) in [6.07, 6.45) is 6.36. The predicted octanol–water partition coefficient (Wildman–Crippen LogP) is 5.55. The molecule has 1 N–H and O–H groups in total. The van der Waals surface area contributed by atoms with E-state index in [4.69, 9.17) is 11.6 Å². The van der Waals surface area contributed by atoms with Crippen LogP contribution < -0.4 is 5.32 Å². The second kappa shape index (κ2) is 8.95. The van der Waals surface area contributed by atoms with Gasteiger partial charge in [-0.1, -0.05) is 50.8 Å². The summed E-state index contributed by atoms with van der Waals surface area (Å²) in [5.74, 6) is 0. The van der Waals surface area contributed by atoms with Crippen molar-refractivity contribution in [2.45, 2.75) is 58.5 Å². The summed E-state index contributed by atoms with van der Waals surface area (Å²) in [6.45, 7) is 5.42. The molecule has 18 heavy (non-hydrogen) atoms. The fourth-order valence-electron chi connectivity index (χ4n) is 2.06. The second-order valence-corrected chi connectivity index (χ2v) is 6.02. The number of hydrogen-bond acceptors (Lipinski definition) is 1. The molecule has 1 rings (SSSR count). The summed E-state index contributed by atoms with van der Waals surface area (Å²) in [5.41, 5.74) is 1.28. The molecule has 1 atom stereocenters. The van der Waals surface area contributed by atoms with E-state index in [0.29, 0.717) is 6.04 Å². The highest BCUT2D eigenvalue weighted by atomic mass is 79.9. The van der Waals surface area contributed by atoms with Gasteiger partial charge in [-0.3, -0.25) is 0 Å². The first-order chi connectivity index (χ1) is 8.67. The molecule has 0 spiro atoms. The number of halogens is 2. The molecule has 0 saturated carbocycles. The predicted molar refractivity (Wildman–Crippen MR) is 84.2 cm³/mol. The summed E-state index contributed by atoms with van der Waals surface area (Å²) >= 11 is 9.46. The van der Waals surface area contributed by atoms with Gasteiger partial charge >= 0.3 is 0 Å². The lowest BCUT2D eigenvalue weighted by Crippen LogP contribution is -2.28. The van der Waals surface area contributed by atoms with Gasteiger partial charge in [-0.05, 0) is 46.5 Å². The van der Waals surface area contributed by atoms with Crippen molar-refractivity contribution in [2.75, 3.05) is 0 Å². The quantitative estimate of drug-likeness (QED) is 0.658. The normalized spacial score (nSPS) is 12.7. The van der Waals surface area contributed by atoms with Gasteiger partial charge in [-0.25, -0.2) is 0 Å². The van der Waals surface area contributed by atoms with Crippen LogP contribution in [-0.2, 0) is 6.54 Å². The van der Waals surface area contributed by atoms with Crippen molar-refractivity contribution in [3.8, 4) is 0 Å². The smallest absolute Gasteiger partial charge is 0.0548 e. The average molecular weight is 333 g/mol. The van der Waals surface area contributed by atoms with Gasteiger partial charge in [0.1, 0.15) is 0 Å². The standard InChI is InChI=1S/C15H23BrClN/c1-3-5-7-13(6-4-2)18-11-12-8-9-15(17)14(16)10-12/h8-10,13,18H,3-7,11H2,1-2H3. The first kappa shape index (κ1) is 16.0. The highest BCUT2D eigenvalue weighted by molar-refractivity contribution is 9.10. The molecular formula is C15H23BrClN. The first-order valence-corrected chi connectivity index (χ1v) is 8.01. The fourth-order valence-corrected chi connectivity index (χ4v) is 2.60. The Bertz CT molecular complexity index is 354.